The molecule has 1 N–H and O–H groups in total. The summed E-state index contributed by atoms with van der Waals surface area (Å²) in [6.45, 7) is 5.59. The van der Waals surface area contributed by atoms with Crippen molar-refractivity contribution in [2.45, 2.75) is 45.3 Å². The fourth-order valence-electron chi connectivity index (χ4n) is 2.71. The van der Waals surface area contributed by atoms with E-state index >= 15 is 0 Å². The highest BCUT2D eigenvalue weighted by Crippen LogP contribution is 2.29. The zero-order chi connectivity index (χ0) is 14.2. The van der Waals surface area contributed by atoms with E-state index in [0.717, 1.165) is 12.8 Å². The van der Waals surface area contributed by atoms with E-state index in [2.05, 4.69) is 0 Å². The number of aliphatic hydroxyl groups is 1. The van der Waals surface area contributed by atoms with Crippen LogP contribution in [0.1, 0.15) is 42.6 Å². The summed E-state index contributed by atoms with van der Waals surface area (Å²) in [5.41, 5.74) is -0.409. The lowest BCUT2D eigenvalue weighted by Crippen LogP contribution is -2.48. The molecular formula is C15H20FNO2. The minimum Gasteiger partial charge on any atom is -0.388 e. The van der Waals surface area contributed by atoms with Gasteiger partial charge >= 0.3 is 0 Å². The van der Waals surface area contributed by atoms with Crippen LogP contribution in [-0.4, -0.2) is 34.1 Å². The van der Waals surface area contributed by atoms with Crippen molar-refractivity contribution in [1.29, 1.82) is 0 Å². The molecule has 0 radical (unpaired) electrons. The molecule has 2 rings (SSSR count). The first-order valence-corrected chi connectivity index (χ1v) is 6.61. The van der Waals surface area contributed by atoms with Gasteiger partial charge in [-0.15, -0.1) is 0 Å². The standard InChI is InChI=1S/C15H20FNO2/c1-10-6-4-7-11(13(10)16)14(18)17-9-5-8-12(17)15(2,3)19/h4,6-7,12,19H,5,8-9H2,1-3H3. The highest BCUT2D eigenvalue weighted by Gasteiger charge is 2.39. The van der Waals surface area contributed by atoms with E-state index in [0.29, 0.717) is 12.1 Å². The predicted octanol–water partition coefficient (Wildman–Crippen LogP) is 2.51. The van der Waals surface area contributed by atoms with E-state index in [-0.39, 0.29) is 17.5 Å². The van der Waals surface area contributed by atoms with Gasteiger partial charge in [-0.3, -0.25) is 4.79 Å². The van der Waals surface area contributed by atoms with Gasteiger partial charge in [-0.25, -0.2) is 4.39 Å². The van der Waals surface area contributed by atoms with Gasteiger partial charge in [0.1, 0.15) is 5.82 Å². The van der Waals surface area contributed by atoms with Gasteiger partial charge in [-0.1, -0.05) is 12.1 Å². The highest BCUT2D eigenvalue weighted by molar-refractivity contribution is 5.95. The topological polar surface area (TPSA) is 40.5 Å². The monoisotopic (exact) mass is 265 g/mol. The molecule has 104 valence electrons. The van der Waals surface area contributed by atoms with Crippen molar-refractivity contribution in [2.75, 3.05) is 6.54 Å². The Bertz CT molecular complexity index is 493. The van der Waals surface area contributed by atoms with Crippen molar-refractivity contribution in [3.8, 4) is 0 Å². The van der Waals surface area contributed by atoms with E-state index in [9.17, 15) is 14.3 Å². The number of nitrogens with zero attached hydrogens (tertiary/aromatic N) is 1. The molecule has 0 saturated carbocycles. The largest absolute Gasteiger partial charge is 0.388 e. The molecule has 0 aromatic heterocycles. The lowest BCUT2D eigenvalue weighted by Gasteiger charge is -2.34. The summed E-state index contributed by atoms with van der Waals surface area (Å²) in [5, 5.41) is 10.1. The number of benzene rings is 1. The summed E-state index contributed by atoms with van der Waals surface area (Å²) in [4.78, 5) is 14.0. The summed E-state index contributed by atoms with van der Waals surface area (Å²) >= 11 is 0. The quantitative estimate of drug-likeness (QED) is 0.892. The SMILES string of the molecule is Cc1cccc(C(=O)N2CCCC2C(C)(C)O)c1F. The molecule has 1 amide bonds. The normalized spacial score (nSPS) is 19.8. The summed E-state index contributed by atoms with van der Waals surface area (Å²) in [6.07, 6.45) is 1.59. The number of aryl methyl sites for hydroxylation is 1. The summed E-state index contributed by atoms with van der Waals surface area (Å²) in [6, 6.07) is 4.58. The second-order valence-corrected chi connectivity index (χ2v) is 5.75. The number of likely N-dealkylation sites (tertiary alicyclic amines) is 1. The van der Waals surface area contributed by atoms with Crippen molar-refractivity contribution in [2.24, 2.45) is 0 Å². The number of hydrogen-bond donors (Lipinski definition) is 1. The third-order valence-corrected chi connectivity index (χ3v) is 3.75. The molecule has 1 saturated heterocycles. The maximum absolute atomic E-state index is 14.0. The third-order valence-electron chi connectivity index (χ3n) is 3.75. The minimum absolute atomic E-state index is 0.0937. The number of carbonyl (C=O) groups excluding carboxylic acids is 1. The Balaban J connectivity index is 2.31. The van der Waals surface area contributed by atoms with Crippen molar-refractivity contribution in [1.82, 2.24) is 4.90 Å². The van der Waals surface area contributed by atoms with Crippen LogP contribution < -0.4 is 0 Å². The Morgan fingerprint density at radius 1 is 1.47 bits per heavy atom. The Labute approximate surface area is 113 Å². The Morgan fingerprint density at radius 2 is 2.16 bits per heavy atom. The van der Waals surface area contributed by atoms with Crippen molar-refractivity contribution < 1.29 is 14.3 Å². The smallest absolute Gasteiger partial charge is 0.257 e. The average molecular weight is 265 g/mol. The Hall–Kier alpha value is -1.42. The fraction of sp³-hybridized carbons (Fsp3) is 0.533. The summed E-state index contributed by atoms with van der Waals surface area (Å²) in [7, 11) is 0. The molecule has 1 fully saturated rings. The van der Waals surface area contributed by atoms with Crippen LogP contribution in [0.4, 0.5) is 4.39 Å². The van der Waals surface area contributed by atoms with Gasteiger partial charge in [0.05, 0.1) is 17.2 Å². The number of rotatable bonds is 2. The van der Waals surface area contributed by atoms with Gasteiger partial charge in [0.2, 0.25) is 0 Å². The highest BCUT2D eigenvalue weighted by atomic mass is 19.1. The molecule has 1 aromatic rings. The van der Waals surface area contributed by atoms with Crippen LogP contribution in [0.5, 0.6) is 0 Å². The van der Waals surface area contributed by atoms with E-state index in [1.807, 2.05) is 0 Å². The van der Waals surface area contributed by atoms with E-state index < -0.39 is 11.4 Å². The van der Waals surface area contributed by atoms with Crippen LogP contribution in [0.2, 0.25) is 0 Å². The molecule has 1 aliphatic heterocycles. The fourth-order valence-corrected chi connectivity index (χ4v) is 2.71. The predicted molar refractivity (Wildman–Crippen MR) is 71.5 cm³/mol. The van der Waals surface area contributed by atoms with Crippen LogP contribution in [-0.2, 0) is 0 Å². The van der Waals surface area contributed by atoms with Crippen LogP contribution in [0, 0.1) is 12.7 Å². The summed E-state index contributed by atoms with van der Waals surface area (Å²) < 4.78 is 14.0. The van der Waals surface area contributed by atoms with Crippen LogP contribution in [0.3, 0.4) is 0 Å². The maximum Gasteiger partial charge on any atom is 0.257 e. The van der Waals surface area contributed by atoms with Crippen molar-refractivity contribution in [3.05, 3.63) is 35.1 Å². The second kappa shape index (κ2) is 4.93. The molecule has 0 bridgehead atoms. The van der Waals surface area contributed by atoms with Crippen molar-refractivity contribution in [3.63, 3.8) is 0 Å². The van der Waals surface area contributed by atoms with Gasteiger partial charge in [-0.05, 0) is 45.2 Å². The molecule has 3 nitrogen and oxygen atoms in total. The van der Waals surface area contributed by atoms with Gasteiger partial charge in [0.15, 0.2) is 0 Å². The molecular weight excluding hydrogens is 245 g/mol. The Morgan fingerprint density at radius 3 is 2.79 bits per heavy atom. The number of amides is 1. The molecule has 1 atom stereocenters. The van der Waals surface area contributed by atoms with Crippen LogP contribution in [0.25, 0.3) is 0 Å². The molecule has 1 aromatic carbocycles. The van der Waals surface area contributed by atoms with E-state index in [1.165, 1.54) is 6.07 Å². The van der Waals surface area contributed by atoms with Crippen LogP contribution in [0.15, 0.2) is 18.2 Å². The van der Waals surface area contributed by atoms with E-state index in [4.69, 9.17) is 0 Å². The van der Waals surface area contributed by atoms with Gasteiger partial charge in [0, 0.05) is 6.54 Å². The molecule has 1 heterocycles. The van der Waals surface area contributed by atoms with E-state index in [1.54, 1.807) is 37.8 Å². The van der Waals surface area contributed by atoms with Gasteiger partial charge in [-0.2, -0.15) is 0 Å². The Kier molecular flexibility index (Phi) is 3.63. The zero-order valence-corrected chi connectivity index (χ0v) is 11.6. The first-order chi connectivity index (χ1) is 8.82. The lowest BCUT2D eigenvalue weighted by molar-refractivity contribution is 0.000155. The number of carbonyl (C=O) groups is 1. The first kappa shape index (κ1) is 14.0. The molecule has 1 unspecified atom stereocenters. The van der Waals surface area contributed by atoms with Gasteiger partial charge < -0.3 is 10.0 Å². The number of hydrogen-bond acceptors (Lipinski definition) is 2. The van der Waals surface area contributed by atoms with Crippen molar-refractivity contribution >= 4 is 5.91 Å². The molecule has 4 heteroatoms. The third kappa shape index (κ3) is 2.63. The number of halogens is 1. The molecule has 0 spiro atoms. The second-order valence-electron chi connectivity index (χ2n) is 5.75. The molecule has 1 aliphatic rings. The maximum atomic E-state index is 14.0. The lowest BCUT2D eigenvalue weighted by atomic mass is 9.96. The van der Waals surface area contributed by atoms with Gasteiger partial charge in [0.25, 0.3) is 5.91 Å². The molecule has 0 aliphatic carbocycles. The van der Waals surface area contributed by atoms with Crippen LogP contribution >= 0.6 is 0 Å². The summed E-state index contributed by atoms with van der Waals surface area (Å²) in [5.74, 6) is -0.792. The first-order valence-electron chi connectivity index (χ1n) is 6.61. The minimum atomic E-state index is -0.966. The average Bonchev–Trinajstić information content (AvgIpc) is 2.80. The molecule has 19 heavy (non-hydrogen) atoms. The zero-order valence-electron chi connectivity index (χ0n) is 11.6.